The van der Waals surface area contributed by atoms with E-state index >= 15 is 0 Å². The van der Waals surface area contributed by atoms with Gasteiger partial charge in [-0.2, -0.15) is 0 Å². The lowest BCUT2D eigenvalue weighted by Crippen LogP contribution is -2.33. The zero-order valence-electron chi connectivity index (χ0n) is 31.0. The second kappa shape index (κ2) is 21.6. The molecule has 4 heteroatoms. The highest BCUT2D eigenvalue weighted by Gasteiger charge is 2.05. The van der Waals surface area contributed by atoms with Gasteiger partial charge in [0.15, 0.2) is 24.8 Å². The van der Waals surface area contributed by atoms with Gasteiger partial charge in [0.2, 0.25) is 0 Å². The molecule has 0 saturated carbocycles. The van der Waals surface area contributed by atoms with E-state index in [4.69, 9.17) is 0 Å². The monoisotopic (exact) mass is 816 g/mol. The van der Waals surface area contributed by atoms with Crippen molar-refractivity contribution in [3.63, 3.8) is 0 Å². The number of hydrogen-bond acceptors (Lipinski definition) is 0. The Bertz CT molecular complexity index is 1760. The van der Waals surface area contributed by atoms with E-state index in [1.165, 1.54) is 68.5 Å². The highest BCUT2D eigenvalue weighted by atomic mass is 79.9. The lowest BCUT2D eigenvalue weighted by molar-refractivity contribution is -0.697. The van der Waals surface area contributed by atoms with Crippen LogP contribution in [0.2, 0.25) is 0 Å². The third-order valence-corrected chi connectivity index (χ3v) is 10.6. The summed E-state index contributed by atoms with van der Waals surface area (Å²) >= 11 is 6.96. The van der Waals surface area contributed by atoms with Crippen LogP contribution >= 0.6 is 31.9 Å². The van der Waals surface area contributed by atoms with Crippen LogP contribution in [0.3, 0.4) is 0 Å². The molecule has 0 amide bonds. The number of rotatable bonds is 16. The molecule has 0 aliphatic heterocycles. The maximum absolute atomic E-state index is 3.48. The summed E-state index contributed by atoms with van der Waals surface area (Å²) in [6.45, 7) is 6.42. The topological polar surface area (TPSA) is 7.76 Å². The molecule has 0 aliphatic rings. The second-order valence-corrected chi connectivity index (χ2v) is 15.4. The van der Waals surface area contributed by atoms with Gasteiger partial charge in [-0.25, -0.2) is 9.13 Å². The van der Waals surface area contributed by atoms with Gasteiger partial charge in [-0.05, 0) is 109 Å². The van der Waals surface area contributed by atoms with Gasteiger partial charge in [-0.1, -0.05) is 129 Å². The Morgan fingerprint density at radius 3 is 0.942 bits per heavy atom. The lowest BCUT2D eigenvalue weighted by Gasteiger charge is -2.06. The molecular weight excluding hydrogens is 764 g/mol. The summed E-state index contributed by atoms with van der Waals surface area (Å²) in [5.74, 6) is 0. The minimum absolute atomic E-state index is 1.06. The summed E-state index contributed by atoms with van der Waals surface area (Å²) in [6, 6.07) is 44.6. The van der Waals surface area contributed by atoms with Crippen LogP contribution in [0.15, 0.2) is 146 Å². The average molecular weight is 819 g/mol. The number of benzene rings is 4. The number of aryl methyl sites for hydroxylation is 8. The maximum Gasteiger partial charge on any atom is 0.171 e. The van der Waals surface area contributed by atoms with E-state index in [2.05, 4.69) is 201 Å². The molecule has 0 atom stereocenters. The van der Waals surface area contributed by atoms with E-state index in [0.29, 0.717) is 0 Å². The Morgan fingerprint density at radius 1 is 0.385 bits per heavy atom. The van der Waals surface area contributed by atoms with Gasteiger partial charge in [-0.15, -0.1) is 0 Å². The number of halogens is 2. The van der Waals surface area contributed by atoms with E-state index in [0.717, 1.165) is 62.3 Å². The molecule has 0 unspecified atom stereocenters. The molecule has 52 heavy (non-hydrogen) atoms. The highest BCUT2D eigenvalue weighted by Crippen LogP contribution is 2.23. The Morgan fingerprint density at radius 2 is 0.673 bits per heavy atom. The summed E-state index contributed by atoms with van der Waals surface area (Å²) in [7, 11) is 0. The summed E-state index contributed by atoms with van der Waals surface area (Å²) in [5.41, 5.74) is 13.5. The molecule has 0 bridgehead atoms. The standard InChI is InChI=1S/C30H34N2.C18H20Br2/c1-25-7-3-19-31(23-25)21-5-9-27-11-15-29(16-12-27)30-17-13-28(14-18-30)10-6-22-32-20-4-8-26(2)24-32;19-13-1-3-15-5-9-17(10-6-15)18-11-7-16(8-12-18)4-2-14-20/h3-4,7-8,11-20,23-24H,5-6,9-10,21-22H2,1-2H3;5-12H,1-4,13-14H2/q+2;. The van der Waals surface area contributed by atoms with Crippen LogP contribution in [-0.2, 0) is 38.8 Å². The molecule has 2 aromatic heterocycles. The zero-order chi connectivity index (χ0) is 36.4. The molecule has 0 radical (unpaired) electrons. The van der Waals surface area contributed by atoms with Crippen LogP contribution < -0.4 is 9.13 Å². The van der Waals surface area contributed by atoms with Gasteiger partial charge in [0, 0.05) is 46.8 Å². The van der Waals surface area contributed by atoms with Crippen molar-refractivity contribution >= 4 is 31.9 Å². The minimum atomic E-state index is 1.06. The molecule has 2 nitrogen and oxygen atoms in total. The summed E-state index contributed by atoms with van der Waals surface area (Å²) in [5, 5.41) is 2.15. The van der Waals surface area contributed by atoms with E-state index in [1.807, 2.05) is 0 Å². The van der Waals surface area contributed by atoms with Crippen LogP contribution in [-0.4, -0.2) is 10.7 Å². The summed E-state index contributed by atoms with van der Waals surface area (Å²) in [4.78, 5) is 0. The van der Waals surface area contributed by atoms with Gasteiger partial charge in [0.1, 0.15) is 13.1 Å². The summed E-state index contributed by atoms with van der Waals surface area (Å²) in [6.07, 6.45) is 18.0. The minimum Gasteiger partial charge on any atom is -0.205 e. The molecule has 0 N–H and O–H groups in total. The summed E-state index contributed by atoms with van der Waals surface area (Å²) < 4.78 is 4.57. The fourth-order valence-electron chi connectivity index (χ4n) is 6.51. The van der Waals surface area contributed by atoms with E-state index in [9.17, 15) is 0 Å². The average Bonchev–Trinajstić information content (AvgIpc) is 3.18. The van der Waals surface area contributed by atoms with E-state index < -0.39 is 0 Å². The van der Waals surface area contributed by atoms with Crippen LogP contribution in [0.25, 0.3) is 22.3 Å². The largest absolute Gasteiger partial charge is 0.205 e. The van der Waals surface area contributed by atoms with Crippen molar-refractivity contribution < 1.29 is 9.13 Å². The van der Waals surface area contributed by atoms with Crippen molar-refractivity contribution in [3.05, 3.63) is 179 Å². The molecule has 0 fully saturated rings. The molecular formula is C48H54Br2N2+2. The molecule has 268 valence electrons. The highest BCUT2D eigenvalue weighted by molar-refractivity contribution is 9.09. The molecule has 4 aromatic carbocycles. The van der Waals surface area contributed by atoms with E-state index in [1.54, 1.807) is 0 Å². The van der Waals surface area contributed by atoms with Crippen molar-refractivity contribution in [1.29, 1.82) is 0 Å². The van der Waals surface area contributed by atoms with Crippen LogP contribution in [0.5, 0.6) is 0 Å². The van der Waals surface area contributed by atoms with Crippen molar-refractivity contribution in [1.82, 2.24) is 0 Å². The quantitative estimate of drug-likeness (QED) is 0.0679. The lowest BCUT2D eigenvalue weighted by atomic mass is 10.00. The van der Waals surface area contributed by atoms with E-state index in [-0.39, 0.29) is 0 Å². The first kappa shape index (κ1) is 39.3. The Hall–Kier alpha value is -3.86. The van der Waals surface area contributed by atoms with Gasteiger partial charge < -0.3 is 0 Å². The van der Waals surface area contributed by atoms with Crippen molar-refractivity contribution in [2.45, 2.75) is 78.3 Å². The number of alkyl halides is 2. The first-order valence-electron chi connectivity index (χ1n) is 18.9. The Labute approximate surface area is 329 Å². The fourth-order valence-corrected chi connectivity index (χ4v) is 7.07. The molecule has 0 aliphatic carbocycles. The van der Waals surface area contributed by atoms with Crippen LogP contribution in [0, 0.1) is 13.8 Å². The van der Waals surface area contributed by atoms with Crippen LogP contribution in [0.1, 0.15) is 59.1 Å². The second-order valence-electron chi connectivity index (χ2n) is 13.8. The first-order chi connectivity index (χ1) is 25.5. The Kier molecular flexibility index (Phi) is 16.4. The molecule has 0 saturated heterocycles. The fraction of sp³-hybridized carbons (Fsp3) is 0.292. The number of hydrogen-bond donors (Lipinski definition) is 0. The molecule has 0 spiro atoms. The molecule has 2 heterocycles. The Balaban J connectivity index is 0.000000225. The van der Waals surface area contributed by atoms with Gasteiger partial charge in [-0.3, -0.25) is 0 Å². The number of aromatic nitrogens is 2. The first-order valence-corrected chi connectivity index (χ1v) is 21.1. The third-order valence-electron chi connectivity index (χ3n) is 9.46. The number of nitrogens with zero attached hydrogens (tertiary/aromatic N) is 2. The molecule has 6 aromatic rings. The maximum atomic E-state index is 3.48. The third kappa shape index (κ3) is 13.3. The van der Waals surface area contributed by atoms with Crippen molar-refractivity contribution in [2.75, 3.05) is 10.7 Å². The molecule has 6 rings (SSSR count). The SMILES string of the molecule is BrCCCc1ccc(-c2ccc(CCCBr)cc2)cc1.Cc1ccc[n+](CCCc2ccc(-c3ccc(CCC[n+]4cccc(C)c4)cc3)cc2)c1. The normalized spacial score (nSPS) is 10.8. The van der Waals surface area contributed by atoms with Gasteiger partial charge >= 0.3 is 0 Å². The van der Waals surface area contributed by atoms with Gasteiger partial charge in [0.25, 0.3) is 0 Å². The zero-order valence-corrected chi connectivity index (χ0v) is 34.2. The van der Waals surface area contributed by atoms with Crippen LogP contribution in [0.4, 0.5) is 0 Å². The van der Waals surface area contributed by atoms with Crippen molar-refractivity contribution in [3.8, 4) is 22.3 Å². The predicted molar refractivity (Wildman–Crippen MR) is 227 cm³/mol. The predicted octanol–water partition coefficient (Wildman–Crippen LogP) is 11.8. The van der Waals surface area contributed by atoms with Crippen molar-refractivity contribution in [2.24, 2.45) is 0 Å². The smallest absolute Gasteiger partial charge is 0.171 e. The van der Waals surface area contributed by atoms with Gasteiger partial charge in [0.05, 0.1) is 0 Å². The number of pyridine rings is 2.